The maximum Gasteiger partial charge on any atom is 0.259 e. The molecule has 0 aliphatic carbocycles. The van der Waals surface area contributed by atoms with E-state index < -0.39 is 5.60 Å². The molecule has 1 aromatic carbocycles. The highest BCUT2D eigenvalue weighted by Gasteiger charge is 2.38. The second-order valence-corrected chi connectivity index (χ2v) is 6.72. The van der Waals surface area contributed by atoms with Crippen molar-refractivity contribution in [1.29, 1.82) is 0 Å². The highest BCUT2D eigenvalue weighted by molar-refractivity contribution is 5.90. The molecule has 1 atom stereocenters. The van der Waals surface area contributed by atoms with E-state index in [0.29, 0.717) is 6.54 Å². The van der Waals surface area contributed by atoms with Crippen LogP contribution in [-0.2, 0) is 19.9 Å². The predicted octanol–water partition coefficient (Wildman–Crippen LogP) is 2.31. The molecule has 0 saturated carbocycles. The van der Waals surface area contributed by atoms with Crippen molar-refractivity contribution < 1.29 is 14.3 Å². The van der Waals surface area contributed by atoms with Crippen molar-refractivity contribution in [2.24, 2.45) is 0 Å². The zero-order valence-corrected chi connectivity index (χ0v) is 15.0. The molecule has 1 rings (SSSR count). The fraction of sp³-hybridized carbons (Fsp3) is 0.556. The minimum absolute atomic E-state index is 0.0123. The quantitative estimate of drug-likeness (QED) is 0.875. The van der Waals surface area contributed by atoms with E-state index in [1.54, 1.807) is 6.92 Å². The number of ether oxygens (including phenoxy) is 1. The van der Waals surface area contributed by atoms with Gasteiger partial charge in [0.1, 0.15) is 0 Å². The number of methoxy groups -OCH3 is 1. The first-order chi connectivity index (χ1) is 10.6. The Morgan fingerprint density at radius 1 is 1.13 bits per heavy atom. The molecule has 5 nitrogen and oxygen atoms in total. The first kappa shape index (κ1) is 19.2. The van der Waals surface area contributed by atoms with E-state index in [1.165, 1.54) is 12.0 Å². The number of hydrogen-bond acceptors (Lipinski definition) is 3. The van der Waals surface area contributed by atoms with Crippen LogP contribution in [0.5, 0.6) is 0 Å². The minimum Gasteiger partial charge on any atom is -0.364 e. The molecule has 1 aromatic rings. The van der Waals surface area contributed by atoms with Crippen LogP contribution in [0.25, 0.3) is 0 Å². The van der Waals surface area contributed by atoms with Crippen molar-refractivity contribution in [2.45, 2.75) is 45.8 Å². The minimum atomic E-state index is -1.11. The Kier molecular flexibility index (Phi) is 6.33. The number of nitrogens with zero attached hydrogens (tertiary/aromatic N) is 1. The van der Waals surface area contributed by atoms with Gasteiger partial charge in [-0.2, -0.15) is 0 Å². The lowest BCUT2D eigenvalue weighted by Gasteiger charge is -2.33. The van der Waals surface area contributed by atoms with Crippen LogP contribution in [0, 0.1) is 0 Å². The van der Waals surface area contributed by atoms with Gasteiger partial charge in [0.2, 0.25) is 5.91 Å². The van der Waals surface area contributed by atoms with Crippen LogP contribution in [-0.4, -0.2) is 42.5 Å². The van der Waals surface area contributed by atoms with Crippen molar-refractivity contribution >= 4 is 11.8 Å². The van der Waals surface area contributed by atoms with Crippen LogP contribution in [0.3, 0.4) is 0 Å². The van der Waals surface area contributed by atoms with E-state index in [1.807, 2.05) is 58.0 Å². The van der Waals surface area contributed by atoms with Crippen LogP contribution in [0.15, 0.2) is 30.3 Å². The normalized spacial score (nSPS) is 14.0. The van der Waals surface area contributed by atoms with E-state index in [0.717, 1.165) is 5.56 Å². The van der Waals surface area contributed by atoms with Crippen molar-refractivity contribution in [2.75, 3.05) is 20.2 Å². The number of carbonyl (C=O) groups excluding carboxylic acids is 2. The summed E-state index contributed by atoms with van der Waals surface area (Å²) in [7, 11) is 1.51. The Labute approximate surface area is 139 Å². The SMILES string of the molecule is CCN(CC(=O)NC(C)(C)C)C(=O)C(C)(OC)c1ccccc1. The fourth-order valence-electron chi connectivity index (χ4n) is 2.34. The summed E-state index contributed by atoms with van der Waals surface area (Å²) in [6.07, 6.45) is 0. The van der Waals surface area contributed by atoms with Gasteiger partial charge in [0, 0.05) is 19.2 Å². The van der Waals surface area contributed by atoms with Crippen molar-refractivity contribution in [3.63, 3.8) is 0 Å². The third-order valence-electron chi connectivity index (χ3n) is 3.66. The Morgan fingerprint density at radius 3 is 2.13 bits per heavy atom. The molecule has 23 heavy (non-hydrogen) atoms. The summed E-state index contributed by atoms with van der Waals surface area (Å²) < 4.78 is 5.53. The van der Waals surface area contributed by atoms with Gasteiger partial charge in [0.15, 0.2) is 5.60 Å². The number of rotatable bonds is 6. The summed E-state index contributed by atoms with van der Waals surface area (Å²) in [5.41, 5.74) is -0.676. The van der Waals surface area contributed by atoms with Crippen LogP contribution >= 0.6 is 0 Å². The Hall–Kier alpha value is -1.88. The molecule has 0 aliphatic rings. The molecule has 0 heterocycles. The molecule has 0 radical (unpaired) electrons. The van der Waals surface area contributed by atoms with Gasteiger partial charge >= 0.3 is 0 Å². The van der Waals surface area contributed by atoms with Crippen LogP contribution in [0.1, 0.15) is 40.2 Å². The molecule has 5 heteroatoms. The van der Waals surface area contributed by atoms with E-state index in [4.69, 9.17) is 4.74 Å². The van der Waals surface area contributed by atoms with Crippen LogP contribution in [0.4, 0.5) is 0 Å². The Morgan fingerprint density at radius 2 is 1.70 bits per heavy atom. The summed E-state index contributed by atoms with van der Waals surface area (Å²) in [5.74, 6) is -0.406. The fourth-order valence-corrected chi connectivity index (χ4v) is 2.34. The summed E-state index contributed by atoms with van der Waals surface area (Å²) >= 11 is 0. The van der Waals surface area contributed by atoms with Gasteiger partial charge in [0.05, 0.1) is 6.54 Å². The molecule has 0 aromatic heterocycles. The molecular formula is C18H28N2O3. The molecule has 2 amide bonds. The lowest BCUT2D eigenvalue weighted by Crippen LogP contribution is -2.52. The highest BCUT2D eigenvalue weighted by atomic mass is 16.5. The first-order valence-corrected chi connectivity index (χ1v) is 7.85. The Balaban J connectivity index is 2.96. The standard InChI is InChI=1S/C18H28N2O3/c1-7-20(13-15(21)19-17(2,3)4)16(22)18(5,23-6)14-11-9-8-10-12-14/h8-12H,7,13H2,1-6H3,(H,19,21). The maximum absolute atomic E-state index is 12.9. The Bertz CT molecular complexity index is 537. The number of carbonyl (C=O) groups is 2. The number of benzene rings is 1. The molecule has 0 aliphatic heterocycles. The van der Waals surface area contributed by atoms with E-state index in [-0.39, 0.29) is 23.9 Å². The van der Waals surface area contributed by atoms with Crippen LogP contribution < -0.4 is 5.32 Å². The van der Waals surface area contributed by atoms with Gasteiger partial charge in [-0.1, -0.05) is 30.3 Å². The van der Waals surface area contributed by atoms with Crippen molar-refractivity contribution in [3.05, 3.63) is 35.9 Å². The molecular weight excluding hydrogens is 292 g/mol. The average Bonchev–Trinajstić information content (AvgIpc) is 2.50. The largest absolute Gasteiger partial charge is 0.364 e. The third-order valence-corrected chi connectivity index (χ3v) is 3.66. The van der Waals surface area contributed by atoms with Crippen LogP contribution in [0.2, 0.25) is 0 Å². The molecule has 0 bridgehead atoms. The summed E-state index contributed by atoms with van der Waals surface area (Å²) in [6.45, 7) is 9.75. The highest BCUT2D eigenvalue weighted by Crippen LogP contribution is 2.27. The molecule has 1 unspecified atom stereocenters. The number of amides is 2. The van der Waals surface area contributed by atoms with Gasteiger partial charge in [-0.3, -0.25) is 9.59 Å². The zero-order chi connectivity index (χ0) is 17.7. The van der Waals surface area contributed by atoms with Gasteiger partial charge in [-0.05, 0) is 40.2 Å². The van der Waals surface area contributed by atoms with Crippen molar-refractivity contribution in [3.8, 4) is 0 Å². The molecule has 0 saturated heterocycles. The predicted molar refractivity (Wildman–Crippen MR) is 91.0 cm³/mol. The third kappa shape index (κ3) is 5.06. The molecule has 0 spiro atoms. The van der Waals surface area contributed by atoms with Gasteiger partial charge in [-0.15, -0.1) is 0 Å². The first-order valence-electron chi connectivity index (χ1n) is 7.85. The second kappa shape index (κ2) is 7.59. The van der Waals surface area contributed by atoms with E-state index in [2.05, 4.69) is 5.32 Å². The van der Waals surface area contributed by atoms with E-state index >= 15 is 0 Å². The van der Waals surface area contributed by atoms with Gasteiger partial charge in [-0.25, -0.2) is 0 Å². The van der Waals surface area contributed by atoms with E-state index in [9.17, 15) is 9.59 Å². The molecule has 128 valence electrons. The monoisotopic (exact) mass is 320 g/mol. The molecule has 1 N–H and O–H groups in total. The number of likely N-dealkylation sites (N-methyl/N-ethyl adjacent to an activating group) is 1. The maximum atomic E-state index is 12.9. The zero-order valence-electron chi connectivity index (χ0n) is 15.0. The lowest BCUT2D eigenvalue weighted by molar-refractivity contribution is -0.156. The van der Waals surface area contributed by atoms with Gasteiger partial charge < -0.3 is 15.0 Å². The number of nitrogens with one attached hydrogen (secondary N) is 1. The number of hydrogen-bond donors (Lipinski definition) is 1. The lowest BCUT2D eigenvalue weighted by atomic mass is 9.94. The van der Waals surface area contributed by atoms with Gasteiger partial charge in [0.25, 0.3) is 5.91 Å². The average molecular weight is 320 g/mol. The summed E-state index contributed by atoms with van der Waals surface area (Å²) in [5, 5.41) is 2.87. The second-order valence-electron chi connectivity index (χ2n) is 6.72. The smallest absolute Gasteiger partial charge is 0.259 e. The van der Waals surface area contributed by atoms with Crippen molar-refractivity contribution in [1.82, 2.24) is 10.2 Å². The summed E-state index contributed by atoms with van der Waals surface area (Å²) in [6, 6.07) is 9.32. The molecule has 0 fully saturated rings. The topological polar surface area (TPSA) is 58.6 Å². The summed E-state index contributed by atoms with van der Waals surface area (Å²) in [4.78, 5) is 26.6.